The number of hydrogen-bond donors (Lipinski definition) is 2. The summed E-state index contributed by atoms with van der Waals surface area (Å²) < 4.78 is 10.1. The minimum Gasteiger partial charge on any atom is -0.461 e. The number of carbonyl (C=O) groups excluding carboxylic acids is 1. The third-order valence-corrected chi connectivity index (χ3v) is 7.19. The molecule has 9 heteroatoms. The van der Waals surface area contributed by atoms with Gasteiger partial charge in [-0.2, -0.15) is 0 Å². The number of benzene rings is 1. The van der Waals surface area contributed by atoms with E-state index >= 15 is 0 Å². The molecule has 0 atom stereocenters. The summed E-state index contributed by atoms with van der Waals surface area (Å²) in [7, 11) is 0. The van der Waals surface area contributed by atoms with Gasteiger partial charge in [0.25, 0.3) is 0 Å². The van der Waals surface area contributed by atoms with Crippen molar-refractivity contribution < 1.29 is 9.21 Å². The predicted molar refractivity (Wildman–Crippen MR) is 133 cm³/mol. The van der Waals surface area contributed by atoms with Gasteiger partial charge in [-0.25, -0.2) is 9.48 Å². The quantitative estimate of drug-likeness (QED) is 0.499. The summed E-state index contributed by atoms with van der Waals surface area (Å²) in [6.07, 6.45) is 9.39. The molecule has 5 rings (SSSR count). The Balaban J connectivity index is 1.22. The van der Waals surface area contributed by atoms with E-state index in [-0.39, 0.29) is 12.1 Å². The number of carbonyl (C=O) groups is 1. The van der Waals surface area contributed by atoms with Crippen molar-refractivity contribution in [1.29, 1.82) is 0 Å². The molecule has 2 aromatic heterocycles. The average molecular weight is 481 g/mol. The minimum absolute atomic E-state index is 0.0164. The van der Waals surface area contributed by atoms with E-state index in [1.54, 1.807) is 6.26 Å². The normalized spacial score (nSPS) is 18.1. The van der Waals surface area contributed by atoms with Gasteiger partial charge in [-0.05, 0) is 62.2 Å². The Bertz CT molecular complexity index is 1130. The zero-order chi connectivity index (χ0) is 23.3. The van der Waals surface area contributed by atoms with Crippen LogP contribution in [0.5, 0.6) is 0 Å². The highest BCUT2D eigenvalue weighted by Gasteiger charge is 2.24. The number of urea groups is 1. The van der Waals surface area contributed by atoms with Crippen molar-refractivity contribution in [2.24, 2.45) is 0 Å². The number of furan rings is 1. The van der Waals surface area contributed by atoms with Gasteiger partial charge in [0.2, 0.25) is 10.6 Å². The first kappa shape index (κ1) is 22.9. The molecule has 2 N–H and O–H groups in total. The largest absolute Gasteiger partial charge is 0.461 e. The first-order valence-electron chi connectivity index (χ1n) is 12.3. The molecule has 0 radical (unpaired) electrons. The van der Waals surface area contributed by atoms with E-state index in [9.17, 15) is 4.79 Å². The van der Waals surface area contributed by atoms with Crippen LogP contribution in [0, 0.1) is 4.77 Å². The van der Waals surface area contributed by atoms with Gasteiger partial charge in [0.15, 0.2) is 5.76 Å². The third-order valence-electron chi connectivity index (χ3n) is 6.79. The number of aromatic nitrogens is 3. The van der Waals surface area contributed by atoms with Crippen molar-refractivity contribution in [2.75, 3.05) is 13.1 Å². The molecule has 8 nitrogen and oxygen atoms in total. The minimum atomic E-state index is -0.0164. The van der Waals surface area contributed by atoms with E-state index < -0.39 is 0 Å². The number of nitrogens with zero attached hydrogens (tertiary/aromatic N) is 4. The molecule has 1 saturated heterocycles. The van der Waals surface area contributed by atoms with E-state index in [4.69, 9.17) is 21.7 Å². The summed E-state index contributed by atoms with van der Waals surface area (Å²) in [5.41, 5.74) is 0.956. The third kappa shape index (κ3) is 5.26. The second kappa shape index (κ2) is 10.6. The van der Waals surface area contributed by atoms with Crippen LogP contribution in [-0.2, 0) is 6.67 Å². The molecule has 34 heavy (non-hydrogen) atoms. The van der Waals surface area contributed by atoms with Crippen LogP contribution in [0.2, 0.25) is 0 Å². The highest BCUT2D eigenvalue weighted by molar-refractivity contribution is 7.71. The number of nitrogens with one attached hydrogen (secondary N) is 2. The molecule has 0 unspecified atom stereocenters. The van der Waals surface area contributed by atoms with Crippen LogP contribution in [0.25, 0.3) is 17.3 Å². The average Bonchev–Trinajstić information content (AvgIpc) is 3.50. The number of piperidine rings is 1. The summed E-state index contributed by atoms with van der Waals surface area (Å²) in [5.74, 6) is 1.37. The zero-order valence-corrected chi connectivity index (χ0v) is 20.2. The molecule has 1 aromatic carbocycles. The lowest BCUT2D eigenvalue weighted by atomic mass is 9.96. The Morgan fingerprint density at radius 2 is 1.68 bits per heavy atom. The molecule has 0 spiro atoms. The second-order valence-electron chi connectivity index (χ2n) is 9.24. The standard InChI is InChI=1S/C25H32N6O2S/c32-24(26-19-8-3-1-4-9-19)27-20-13-15-29(16-14-20)18-30-25(34)31(21-10-5-2-6-11-21)23(28-30)22-12-7-17-33-22/h2,5-7,10-12,17,19-20H,1,3-4,8-9,13-16,18H2,(H2,26,27,32). The molecular formula is C25H32N6O2S. The number of amides is 2. The fourth-order valence-electron chi connectivity index (χ4n) is 4.94. The summed E-state index contributed by atoms with van der Waals surface area (Å²) in [6, 6.07) is 14.3. The highest BCUT2D eigenvalue weighted by atomic mass is 32.1. The van der Waals surface area contributed by atoms with E-state index in [2.05, 4.69) is 15.5 Å². The van der Waals surface area contributed by atoms with E-state index in [1.807, 2.05) is 51.7 Å². The summed E-state index contributed by atoms with van der Waals surface area (Å²) in [5, 5.41) is 11.2. The molecule has 2 fully saturated rings. The predicted octanol–water partition coefficient (Wildman–Crippen LogP) is 4.72. The van der Waals surface area contributed by atoms with Crippen LogP contribution >= 0.6 is 12.2 Å². The molecule has 180 valence electrons. The SMILES string of the molecule is O=C(NC1CCCCC1)NC1CCN(Cn2nc(-c3ccco3)n(-c3ccccc3)c2=S)CC1. The van der Waals surface area contributed by atoms with Crippen LogP contribution in [0.3, 0.4) is 0 Å². The van der Waals surface area contributed by atoms with Crippen LogP contribution < -0.4 is 10.6 Å². The van der Waals surface area contributed by atoms with Crippen LogP contribution in [0.4, 0.5) is 4.79 Å². The van der Waals surface area contributed by atoms with Crippen molar-refractivity contribution in [3.63, 3.8) is 0 Å². The van der Waals surface area contributed by atoms with E-state index in [0.717, 1.165) is 44.5 Å². The molecular weight excluding hydrogens is 448 g/mol. The van der Waals surface area contributed by atoms with Crippen molar-refractivity contribution in [3.05, 3.63) is 53.5 Å². The van der Waals surface area contributed by atoms with Crippen molar-refractivity contribution in [3.8, 4) is 17.3 Å². The molecule has 3 heterocycles. The Hall–Kier alpha value is -2.91. The highest BCUT2D eigenvalue weighted by Crippen LogP contribution is 2.24. The first-order valence-corrected chi connectivity index (χ1v) is 12.7. The summed E-state index contributed by atoms with van der Waals surface area (Å²) in [6.45, 7) is 2.36. The maximum absolute atomic E-state index is 12.4. The molecule has 2 aliphatic rings. The fraction of sp³-hybridized carbons (Fsp3) is 0.480. The molecule has 2 amide bonds. The molecule has 0 bridgehead atoms. The zero-order valence-electron chi connectivity index (χ0n) is 19.4. The van der Waals surface area contributed by atoms with E-state index in [0.29, 0.717) is 29.1 Å². The van der Waals surface area contributed by atoms with Gasteiger partial charge in [-0.1, -0.05) is 37.5 Å². The molecule has 3 aromatic rings. The van der Waals surface area contributed by atoms with Gasteiger partial charge >= 0.3 is 6.03 Å². The van der Waals surface area contributed by atoms with Gasteiger partial charge < -0.3 is 15.1 Å². The van der Waals surface area contributed by atoms with Crippen LogP contribution in [0.15, 0.2) is 53.1 Å². The Labute approximate surface area is 204 Å². The van der Waals surface area contributed by atoms with Gasteiger partial charge in [0, 0.05) is 25.2 Å². The van der Waals surface area contributed by atoms with Gasteiger partial charge in [-0.3, -0.25) is 9.47 Å². The lowest BCUT2D eigenvalue weighted by Gasteiger charge is -2.32. The van der Waals surface area contributed by atoms with Gasteiger partial charge in [0.1, 0.15) is 0 Å². The lowest BCUT2D eigenvalue weighted by molar-refractivity contribution is 0.150. The lowest BCUT2D eigenvalue weighted by Crippen LogP contribution is -2.50. The Morgan fingerprint density at radius 1 is 0.971 bits per heavy atom. The molecule has 1 aliphatic heterocycles. The van der Waals surface area contributed by atoms with E-state index in [1.165, 1.54) is 19.3 Å². The topological polar surface area (TPSA) is 80.3 Å². The van der Waals surface area contributed by atoms with Gasteiger partial charge in [0.05, 0.1) is 18.6 Å². The van der Waals surface area contributed by atoms with Crippen molar-refractivity contribution >= 4 is 18.2 Å². The number of rotatable bonds is 6. The fourth-order valence-corrected chi connectivity index (χ4v) is 5.23. The van der Waals surface area contributed by atoms with Crippen LogP contribution in [0.1, 0.15) is 44.9 Å². The summed E-state index contributed by atoms with van der Waals surface area (Å²) in [4.78, 5) is 14.7. The molecule has 1 saturated carbocycles. The second-order valence-corrected chi connectivity index (χ2v) is 9.61. The number of hydrogen-bond acceptors (Lipinski definition) is 5. The number of para-hydroxylation sites is 1. The van der Waals surface area contributed by atoms with Crippen molar-refractivity contribution in [2.45, 2.75) is 63.7 Å². The Kier molecular flexibility index (Phi) is 7.10. The first-order chi connectivity index (χ1) is 16.7. The maximum Gasteiger partial charge on any atom is 0.315 e. The molecule has 1 aliphatic carbocycles. The summed E-state index contributed by atoms with van der Waals surface area (Å²) >= 11 is 5.83. The van der Waals surface area contributed by atoms with Crippen molar-refractivity contribution in [1.82, 2.24) is 29.9 Å². The van der Waals surface area contributed by atoms with Gasteiger partial charge in [-0.15, -0.1) is 5.10 Å². The maximum atomic E-state index is 12.4. The van der Waals surface area contributed by atoms with Crippen LogP contribution in [-0.4, -0.2) is 50.5 Å². The monoisotopic (exact) mass is 480 g/mol. The Morgan fingerprint density at radius 3 is 2.35 bits per heavy atom. The number of likely N-dealkylation sites (tertiary alicyclic amines) is 1. The smallest absolute Gasteiger partial charge is 0.315 e.